The molecule has 0 bridgehead atoms. The average molecular weight is 300 g/mol. The minimum absolute atomic E-state index is 0.113. The van der Waals surface area contributed by atoms with Gasteiger partial charge in [0.15, 0.2) is 9.84 Å². The number of hydrogen-bond donors (Lipinski definition) is 1. The summed E-state index contributed by atoms with van der Waals surface area (Å²) in [4.78, 5) is 0.155. The molecule has 1 aromatic rings. The first kappa shape index (κ1) is 15.8. The Bertz CT molecular complexity index is 574. The smallest absolute Gasteiger partial charge is 0.179 e. The van der Waals surface area contributed by atoms with Gasteiger partial charge < -0.3 is 5.73 Å². The van der Waals surface area contributed by atoms with Gasteiger partial charge >= 0.3 is 0 Å². The van der Waals surface area contributed by atoms with Gasteiger partial charge in [0, 0.05) is 22.3 Å². The van der Waals surface area contributed by atoms with Gasteiger partial charge in [-0.1, -0.05) is 0 Å². The van der Waals surface area contributed by atoms with Crippen molar-refractivity contribution in [1.82, 2.24) is 0 Å². The van der Waals surface area contributed by atoms with E-state index >= 15 is 0 Å². The van der Waals surface area contributed by atoms with Crippen LogP contribution in [0.15, 0.2) is 29.2 Å². The fourth-order valence-corrected chi connectivity index (χ4v) is 4.50. The topological polar surface area (TPSA) is 101 Å². The van der Waals surface area contributed by atoms with E-state index < -0.39 is 20.6 Å². The molecular weight excluding hydrogens is 284 g/mol. The third kappa shape index (κ3) is 5.11. The number of benzene rings is 1. The molecule has 19 heavy (non-hydrogen) atoms. The number of nitrogens with zero attached hydrogens (tertiary/aromatic N) is 1. The predicted octanol–water partition coefficient (Wildman–Crippen LogP) is 0.429. The van der Waals surface area contributed by atoms with Gasteiger partial charge in [-0.2, -0.15) is 5.26 Å². The molecular formula is C12H16N2O3S2. The largest absolute Gasteiger partial charge is 0.330 e. The lowest BCUT2D eigenvalue weighted by atomic mass is 10.2. The van der Waals surface area contributed by atoms with Crippen LogP contribution < -0.4 is 5.73 Å². The molecule has 1 unspecified atom stereocenters. The number of nitriles is 1. The van der Waals surface area contributed by atoms with Crippen LogP contribution in [0.2, 0.25) is 0 Å². The molecule has 0 aliphatic heterocycles. The second-order valence-electron chi connectivity index (χ2n) is 3.95. The Kier molecular flexibility index (Phi) is 6.15. The molecule has 0 aromatic heterocycles. The van der Waals surface area contributed by atoms with Crippen LogP contribution in [0.1, 0.15) is 12.0 Å². The molecule has 0 saturated heterocycles. The zero-order valence-electron chi connectivity index (χ0n) is 10.4. The predicted molar refractivity (Wildman–Crippen MR) is 74.8 cm³/mol. The van der Waals surface area contributed by atoms with Crippen molar-refractivity contribution in [2.75, 3.05) is 23.8 Å². The summed E-state index contributed by atoms with van der Waals surface area (Å²) in [6.45, 7) is 0.452. The standard InChI is InChI=1S/C12H16N2O3S2/c13-6-1-7-18(15)8-9-19(16,17)12-4-2-11(10-14)3-5-12/h2-5H,1,6-9,13H2. The molecule has 2 N–H and O–H groups in total. The molecule has 1 aromatic carbocycles. The van der Waals surface area contributed by atoms with E-state index in [0.717, 1.165) is 0 Å². The second kappa shape index (κ2) is 7.38. The summed E-state index contributed by atoms with van der Waals surface area (Å²) in [5, 5.41) is 8.64. The Hall–Kier alpha value is -1.23. The molecule has 0 heterocycles. The summed E-state index contributed by atoms with van der Waals surface area (Å²) in [5.41, 5.74) is 5.71. The third-order valence-electron chi connectivity index (χ3n) is 2.50. The lowest BCUT2D eigenvalue weighted by molar-refractivity contribution is 0.597. The average Bonchev–Trinajstić information content (AvgIpc) is 2.43. The summed E-state index contributed by atoms with van der Waals surface area (Å²) >= 11 is 0. The zero-order chi connectivity index (χ0) is 14.3. The Morgan fingerprint density at radius 1 is 1.21 bits per heavy atom. The molecule has 1 atom stereocenters. The Balaban J connectivity index is 2.65. The van der Waals surface area contributed by atoms with Crippen LogP contribution in [-0.4, -0.2) is 36.4 Å². The van der Waals surface area contributed by atoms with Gasteiger partial charge in [0.05, 0.1) is 22.3 Å². The maximum Gasteiger partial charge on any atom is 0.179 e. The van der Waals surface area contributed by atoms with Crippen molar-refractivity contribution in [3.8, 4) is 6.07 Å². The van der Waals surface area contributed by atoms with E-state index in [4.69, 9.17) is 11.0 Å². The molecule has 7 heteroatoms. The van der Waals surface area contributed by atoms with Crippen molar-refractivity contribution in [2.24, 2.45) is 5.73 Å². The summed E-state index contributed by atoms with van der Waals surface area (Å²) < 4.78 is 35.5. The Morgan fingerprint density at radius 2 is 1.84 bits per heavy atom. The van der Waals surface area contributed by atoms with Gasteiger partial charge in [0.25, 0.3) is 0 Å². The first-order valence-corrected chi connectivity index (χ1v) is 8.91. The highest BCUT2D eigenvalue weighted by atomic mass is 32.2. The van der Waals surface area contributed by atoms with E-state index in [-0.39, 0.29) is 16.4 Å². The van der Waals surface area contributed by atoms with Crippen molar-refractivity contribution >= 4 is 20.6 Å². The van der Waals surface area contributed by atoms with Gasteiger partial charge in [-0.3, -0.25) is 4.21 Å². The number of sulfone groups is 1. The first-order chi connectivity index (χ1) is 8.99. The monoisotopic (exact) mass is 300 g/mol. The zero-order valence-corrected chi connectivity index (χ0v) is 12.0. The molecule has 0 amide bonds. The maximum absolute atomic E-state index is 12.0. The molecule has 1 rings (SSSR count). The highest BCUT2D eigenvalue weighted by Gasteiger charge is 2.15. The van der Waals surface area contributed by atoms with Crippen molar-refractivity contribution in [3.05, 3.63) is 29.8 Å². The fourth-order valence-electron chi connectivity index (χ4n) is 1.40. The molecule has 104 valence electrons. The van der Waals surface area contributed by atoms with Gasteiger partial charge in [-0.05, 0) is 37.2 Å². The highest BCUT2D eigenvalue weighted by Crippen LogP contribution is 2.12. The van der Waals surface area contributed by atoms with Crippen molar-refractivity contribution in [3.63, 3.8) is 0 Å². The summed E-state index contributed by atoms with van der Waals surface area (Å²) in [5.74, 6) is 0.387. The molecule has 0 aliphatic rings. The fraction of sp³-hybridized carbons (Fsp3) is 0.417. The van der Waals surface area contributed by atoms with Gasteiger partial charge in [0.1, 0.15) is 0 Å². The van der Waals surface area contributed by atoms with Crippen molar-refractivity contribution in [2.45, 2.75) is 11.3 Å². The molecule has 0 spiro atoms. The maximum atomic E-state index is 12.0. The van der Waals surface area contributed by atoms with E-state index in [9.17, 15) is 12.6 Å². The highest BCUT2D eigenvalue weighted by molar-refractivity contribution is 7.93. The number of rotatable bonds is 7. The quantitative estimate of drug-likeness (QED) is 0.787. The minimum atomic E-state index is -3.44. The SMILES string of the molecule is N#Cc1ccc(S(=O)(=O)CCS(=O)CCCN)cc1. The minimum Gasteiger partial charge on any atom is -0.330 e. The van der Waals surface area contributed by atoms with Gasteiger partial charge in [0.2, 0.25) is 0 Å². The van der Waals surface area contributed by atoms with E-state index in [1.807, 2.05) is 6.07 Å². The van der Waals surface area contributed by atoms with Crippen LogP contribution in [0.4, 0.5) is 0 Å². The van der Waals surface area contributed by atoms with E-state index in [1.165, 1.54) is 24.3 Å². The number of hydrogen-bond acceptors (Lipinski definition) is 5. The number of nitrogens with two attached hydrogens (primary N) is 1. The van der Waals surface area contributed by atoms with Crippen molar-refractivity contribution < 1.29 is 12.6 Å². The lowest BCUT2D eigenvalue weighted by Gasteiger charge is -2.04. The van der Waals surface area contributed by atoms with E-state index in [2.05, 4.69) is 0 Å². The van der Waals surface area contributed by atoms with Crippen LogP contribution in [-0.2, 0) is 20.6 Å². The van der Waals surface area contributed by atoms with Crippen LogP contribution in [0.25, 0.3) is 0 Å². The summed E-state index contributed by atoms with van der Waals surface area (Å²) in [6, 6.07) is 7.64. The van der Waals surface area contributed by atoms with Gasteiger partial charge in [-0.25, -0.2) is 8.42 Å². The molecule has 0 saturated carbocycles. The molecule has 5 nitrogen and oxygen atoms in total. The lowest BCUT2D eigenvalue weighted by Crippen LogP contribution is -2.16. The summed E-state index contributed by atoms with van der Waals surface area (Å²) in [6.07, 6.45) is 0.628. The van der Waals surface area contributed by atoms with E-state index in [1.54, 1.807) is 0 Å². The van der Waals surface area contributed by atoms with Crippen molar-refractivity contribution in [1.29, 1.82) is 5.26 Å². The third-order valence-corrected chi connectivity index (χ3v) is 5.89. The van der Waals surface area contributed by atoms with Crippen LogP contribution in [0.3, 0.4) is 0 Å². The molecule has 0 aliphatic carbocycles. The van der Waals surface area contributed by atoms with Crippen LogP contribution >= 0.6 is 0 Å². The second-order valence-corrected chi connectivity index (χ2v) is 7.75. The Labute approximate surface area is 115 Å². The van der Waals surface area contributed by atoms with Crippen LogP contribution in [0.5, 0.6) is 0 Å². The van der Waals surface area contributed by atoms with Crippen LogP contribution in [0, 0.1) is 11.3 Å². The Morgan fingerprint density at radius 3 is 2.37 bits per heavy atom. The summed E-state index contributed by atoms with van der Waals surface area (Å²) in [7, 11) is -4.60. The molecule has 0 radical (unpaired) electrons. The molecule has 0 fully saturated rings. The first-order valence-electron chi connectivity index (χ1n) is 5.77. The van der Waals surface area contributed by atoms with Gasteiger partial charge in [-0.15, -0.1) is 0 Å². The van der Waals surface area contributed by atoms with E-state index in [0.29, 0.717) is 24.3 Å². The normalized spacial score (nSPS) is 12.8.